The average molecular weight is 458 g/mol. The van der Waals surface area contributed by atoms with Crippen molar-refractivity contribution in [3.8, 4) is 11.1 Å². The van der Waals surface area contributed by atoms with E-state index >= 15 is 0 Å². The van der Waals surface area contributed by atoms with Crippen molar-refractivity contribution >= 4 is 28.9 Å². The number of nitrogens with two attached hydrogens (primary N) is 2. The first-order valence-corrected chi connectivity index (χ1v) is 11.2. The summed E-state index contributed by atoms with van der Waals surface area (Å²) in [5.41, 5.74) is 15.7. The van der Waals surface area contributed by atoms with E-state index < -0.39 is 0 Å². The van der Waals surface area contributed by atoms with Crippen LogP contribution in [0.25, 0.3) is 16.8 Å². The number of hydrogen-bond acceptors (Lipinski definition) is 8. The molecule has 2 aliphatic heterocycles. The van der Waals surface area contributed by atoms with Crippen molar-refractivity contribution < 1.29 is 9.84 Å². The number of fused-ring (bicyclic) bond motifs is 1. The van der Waals surface area contributed by atoms with Gasteiger partial charge in [0.25, 0.3) is 0 Å². The van der Waals surface area contributed by atoms with E-state index in [0.29, 0.717) is 23.1 Å². The number of piperidine rings is 1. The summed E-state index contributed by atoms with van der Waals surface area (Å²) >= 11 is 6.50. The van der Waals surface area contributed by atoms with E-state index in [2.05, 4.69) is 33.1 Å². The predicted molar refractivity (Wildman–Crippen MR) is 124 cm³/mol. The summed E-state index contributed by atoms with van der Waals surface area (Å²) in [5, 5.41) is 19.0. The molecule has 0 radical (unpaired) electrons. The molecule has 10 heteroatoms. The normalized spacial score (nSPS) is 22.8. The van der Waals surface area contributed by atoms with E-state index in [0.717, 1.165) is 48.4 Å². The molecule has 0 aromatic carbocycles. The van der Waals surface area contributed by atoms with Gasteiger partial charge in [-0.3, -0.25) is 4.40 Å². The molecule has 9 nitrogen and oxygen atoms in total. The number of nitrogen functional groups attached to an aromatic ring is 1. The van der Waals surface area contributed by atoms with Gasteiger partial charge in [0.15, 0.2) is 11.5 Å². The van der Waals surface area contributed by atoms with Crippen molar-refractivity contribution in [1.82, 2.24) is 19.6 Å². The summed E-state index contributed by atoms with van der Waals surface area (Å²) in [5.74, 6) is 1.69. The molecule has 170 valence electrons. The highest BCUT2D eigenvalue weighted by Crippen LogP contribution is 2.43. The maximum atomic E-state index is 9.98. The summed E-state index contributed by atoms with van der Waals surface area (Å²) in [6, 6.07) is 3.97. The van der Waals surface area contributed by atoms with Gasteiger partial charge in [0.2, 0.25) is 0 Å². The molecular formula is C22H28ClN7O2. The molecular weight excluding hydrogens is 430 g/mol. The molecule has 5 rings (SSSR count). The van der Waals surface area contributed by atoms with E-state index in [-0.39, 0.29) is 30.0 Å². The molecule has 3 aromatic heterocycles. The standard InChI is InChI=1S/C22H28ClN7O2/c1-12-9-16(29-7-4-22(5-8-29)11-32-13(2)19(22)24)30-15(10-31)27-28-21(30)17(12)14-3-6-26-20(25)18(14)23/h3,6,9,13,19,31H,4-5,7-8,10-11,24H2,1-2H3,(H2,25,26)/t13-,19+/m0/s1. The molecule has 2 fully saturated rings. The van der Waals surface area contributed by atoms with Gasteiger partial charge in [-0.1, -0.05) is 11.6 Å². The fraction of sp³-hybridized carbons (Fsp3) is 0.500. The van der Waals surface area contributed by atoms with Crippen LogP contribution in [0.1, 0.15) is 31.2 Å². The van der Waals surface area contributed by atoms with Crippen molar-refractivity contribution in [2.45, 2.75) is 45.4 Å². The second kappa shape index (κ2) is 7.84. The predicted octanol–water partition coefficient (Wildman–Crippen LogP) is 2.16. The third-order valence-electron chi connectivity index (χ3n) is 7.18. The molecule has 0 amide bonds. The third kappa shape index (κ3) is 3.14. The highest BCUT2D eigenvalue weighted by molar-refractivity contribution is 6.35. The molecule has 0 aliphatic carbocycles. The second-order valence-electron chi connectivity index (χ2n) is 8.94. The summed E-state index contributed by atoms with van der Waals surface area (Å²) in [7, 11) is 0. The van der Waals surface area contributed by atoms with E-state index in [1.165, 1.54) is 0 Å². The van der Waals surface area contributed by atoms with Crippen LogP contribution in [0, 0.1) is 12.3 Å². The van der Waals surface area contributed by atoms with Crippen LogP contribution >= 0.6 is 11.6 Å². The number of hydrogen-bond donors (Lipinski definition) is 3. The fourth-order valence-corrected chi connectivity index (χ4v) is 5.41. The van der Waals surface area contributed by atoms with Crippen LogP contribution in [0.5, 0.6) is 0 Å². The van der Waals surface area contributed by atoms with Crippen molar-refractivity contribution in [1.29, 1.82) is 0 Å². The lowest BCUT2D eigenvalue weighted by Gasteiger charge is -2.42. The summed E-state index contributed by atoms with van der Waals surface area (Å²) in [6.45, 7) is 6.24. The molecule has 0 saturated carbocycles. The van der Waals surface area contributed by atoms with E-state index in [1.54, 1.807) is 6.20 Å². The van der Waals surface area contributed by atoms with E-state index in [9.17, 15) is 5.11 Å². The number of rotatable bonds is 3. The third-order valence-corrected chi connectivity index (χ3v) is 7.58. The topological polar surface area (TPSA) is 128 Å². The van der Waals surface area contributed by atoms with Gasteiger partial charge in [-0.05, 0) is 44.4 Å². The Kier molecular flexibility index (Phi) is 5.24. The SMILES string of the molecule is Cc1cc(N2CCC3(CC2)CO[C@@H](C)[C@H]3N)n2c(CO)nnc2c1-c1ccnc(N)c1Cl. The highest BCUT2D eigenvalue weighted by Gasteiger charge is 2.47. The molecule has 5 N–H and O–H groups in total. The zero-order chi connectivity index (χ0) is 22.6. The quantitative estimate of drug-likeness (QED) is 0.545. The second-order valence-corrected chi connectivity index (χ2v) is 9.32. The Morgan fingerprint density at radius 3 is 2.72 bits per heavy atom. The zero-order valence-corrected chi connectivity index (χ0v) is 19.0. The maximum Gasteiger partial charge on any atom is 0.170 e. The largest absolute Gasteiger partial charge is 0.388 e. The minimum atomic E-state index is -0.225. The Labute approximate surface area is 191 Å². The van der Waals surface area contributed by atoms with Gasteiger partial charge in [-0.25, -0.2) is 4.98 Å². The van der Waals surface area contributed by atoms with Gasteiger partial charge in [0, 0.05) is 41.9 Å². The first-order chi connectivity index (χ1) is 15.4. The van der Waals surface area contributed by atoms with Crippen LogP contribution in [0.2, 0.25) is 5.02 Å². The van der Waals surface area contributed by atoms with Crippen LogP contribution in [-0.4, -0.2) is 56.5 Å². The minimum Gasteiger partial charge on any atom is -0.388 e. The first kappa shape index (κ1) is 21.4. The highest BCUT2D eigenvalue weighted by atomic mass is 35.5. The minimum absolute atomic E-state index is 0.0269. The lowest BCUT2D eigenvalue weighted by molar-refractivity contribution is 0.0974. The van der Waals surface area contributed by atoms with Crippen molar-refractivity contribution in [2.24, 2.45) is 11.1 Å². The monoisotopic (exact) mass is 457 g/mol. The van der Waals surface area contributed by atoms with Gasteiger partial charge < -0.3 is 26.2 Å². The molecule has 0 bridgehead atoms. The van der Waals surface area contributed by atoms with Crippen LogP contribution in [-0.2, 0) is 11.3 Å². The van der Waals surface area contributed by atoms with Crippen LogP contribution in [0.15, 0.2) is 18.3 Å². The lowest BCUT2D eigenvalue weighted by atomic mass is 9.73. The van der Waals surface area contributed by atoms with E-state index in [1.807, 2.05) is 17.4 Å². The van der Waals surface area contributed by atoms with E-state index in [4.69, 9.17) is 27.8 Å². The van der Waals surface area contributed by atoms with Gasteiger partial charge >= 0.3 is 0 Å². The van der Waals surface area contributed by atoms with Crippen molar-refractivity contribution in [3.05, 3.63) is 34.7 Å². The van der Waals surface area contributed by atoms with Crippen LogP contribution in [0.4, 0.5) is 11.6 Å². The van der Waals surface area contributed by atoms with Gasteiger partial charge in [0.1, 0.15) is 18.2 Å². The fourth-order valence-electron chi connectivity index (χ4n) is 5.20. The number of anilines is 2. The van der Waals surface area contributed by atoms with Crippen LogP contribution in [0.3, 0.4) is 0 Å². The summed E-state index contributed by atoms with van der Waals surface area (Å²) < 4.78 is 7.79. The Morgan fingerprint density at radius 1 is 1.31 bits per heavy atom. The van der Waals surface area contributed by atoms with Gasteiger partial charge in [0.05, 0.1) is 17.7 Å². The summed E-state index contributed by atoms with van der Waals surface area (Å²) in [6.07, 6.45) is 3.61. The number of pyridine rings is 2. The molecule has 2 saturated heterocycles. The molecule has 2 atom stereocenters. The number of aliphatic hydroxyl groups is 1. The Morgan fingerprint density at radius 2 is 2.06 bits per heavy atom. The first-order valence-electron chi connectivity index (χ1n) is 10.9. The molecule has 32 heavy (non-hydrogen) atoms. The number of aliphatic hydroxyl groups excluding tert-OH is 1. The van der Waals surface area contributed by atoms with Gasteiger partial charge in [-0.15, -0.1) is 10.2 Å². The molecule has 3 aromatic rings. The Bertz CT molecular complexity index is 1170. The lowest BCUT2D eigenvalue weighted by Crippen LogP contribution is -2.51. The number of ether oxygens (including phenoxy) is 1. The van der Waals surface area contributed by atoms with Crippen LogP contribution < -0.4 is 16.4 Å². The maximum absolute atomic E-state index is 9.98. The number of aryl methyl sites for hydroxylation is 1. The van der Waals surface area contributed by atoms with Crippen molar-refractivity contribution in [3.63, 3.8) is 0 Å². The van der Waals surface area contributed by atoms with Crippen molar-refractivity contribution in [2.75, 3.05) is 30.3 Å². The number of halogens is 1. The Hall–Kier alpha value is -2.46. The number of nitrogens with zero attached hydrogens (tertiary/aromatic N) is 5. The smallest absolute Gasteiger partial charge is 0.170 e. The molecule has 2 aliphatic rings. The molecule has 5 heterocycles. The van der Waals surface area contributed by atoms with Gasteiger partial charge in [-0.2, -0.15) is 0 Å². The number of aromatic nitrogens is 4. The molecule has 0 unspecified atom stereocenters. The molecule has 1 spiro atoms. The average Bonchev–Trinajstić information content (AvgIpc) is 3.33. The Balaban J connectivity index is 1.58. The zero-order valence-electron chi connectivity index (χ0n) is 18.3. The summed E-state index contributed by atoms with van der Waals surface area (Å²) in [4.78, 5) is 6.38.